The molecule has 1 aromatic carbocycles. The Balaban J connectivity index is 1.36. The lowest BCUT2D eigenvalue weighted by Crippen LogP contribution is -2.50. The molecule has 2 fully saturated rings. The predicted octanol–water partition coefficient (Wildman–Crippen LogP) is 2.40. The van der Waals surface area contributed by atoms with E-state index in [2.05, 4.69) is 38.4 Å². The number of benzene rings is 1. The number of pyridine rings is 1. The Morgan fingerprint density at radius 2 is 2.05 bits per heavy atom. The fourth-order valence-corrected chi connectivity index (χ4v) is 5.45. The Kier molecular flexibility index (Phi) is 6.77. The molecule has 2 atom stereocenters. The second-order valence-corrected chi connectivity index (χ2v) is 9.89. The van der Waals surface area contributed by atoms with Gasteiger partial charge in [-0.3, -0.25) is 14.5 Å². The number of aromatic amines is 1. The van der Waals surface area contributed by atoms with Crippen LogP contribution < -0.4 is 5.56 Å². The molecular weight excluding hydrogens is 486 g/mol. The van der Waals surface area contributed by atoms with E-state index in [1.165, 1.54) is 11.8 Å². The molecular formula is C27H31N7O4. The molecule has 1 amide bonds. The zero-order valence-corrected chi connectivity index (χ0v) is 21.4. The number of aryl methyl sites for hydroxylation is 1. The highest BCUT2D eigenvalue weighted by Crippen LogP contribution is 2.29. The van der Waals surface area contributed by atoms with Gasteiger partial charge in [0.05, 0.1) is 18.9 Å². The van der Waals surface area contributed by atoms with E-state index in [1.807, 2.05) is 18.2 Å². The van der Waals surface area contributed by atoms with Gasteiger partial charge >= 0.3 is 0 Å². The first-order valence-corrected chi connectivity index (χ1v) is 13.2. The van der Waals surface area contributed by atoms with Crippen molar-refractivity contribution in [2.45, 2.75) is 44.9 Å². The van der Waals surface area contributed by atoms with Gasteiger partial charge in [-0.15, -0.1) is 5.10 Å². The fraction of sp³-hybridized carbons (Fsp3) is 0.444. The van der Waals surface area contributed by atoms with Gasteiger partial charge in [-0.2, -0.15) is 0 Å². The van der Waals surface area contributed by atoms with Gasteiger partial charge in [0, 0.05) is 43.9 Å². The van der Waals surface area contributed by atoms with Crippen molar-refractivity contribution in [2.75, 3.05) is 32.8 Å². The number of carbonyl (C=O) groups is 1. The number of hydrogen-bond acceptors (Lipinski definition) is 8. The number of nitrogens with zero attached hydrogens (tertiary/aromatic N) is 6. The molecule has 11 heteroatoms. The molecule has 11 nitrogen and oxygen atoms in total. The van der Waals surface area contributed by atoms with Crippen LogP contribution >= 0.6 is 0 Å². The third kappa shape index (κ3) is 4.74. The summed E-state index contributed by atoms with van der Waals surface area (Å²) >= 11 is 0. The molecule has 6 rings (SSSR count). The van der Waals surface area contributed by atoms with Crippen LogP contribution in [0.3, 0.4) is 0 Å². The molecule has 2 aliphatic rings. The molecule has 0 spiro atoms. The normalized spacial score (nSPS) is 19.3. The van der Waals surface area contributed by atoms with Crippen molar-refractivity contribution in [1.29, 1.82) is 0 Å². The van der Waals surface area contributed by atoms with Crippen LogP contribution in [0.15, 0.2) is 51.9 Å². The molecule has 5 heterocycles. The molecule has 3 aromatic heterocycles. The summed E-state index contributed by atoms with van der Waals surface area (Å²) in [5.41, 5.74) is 2.40. The summed E-state index contributed by atoms with van der Waals surface area (Å²) in [5.74, 6) is 0.793. The van der Waals surface area contributed by atoms with Crippen LogP contribution in [0.4, 0.5) is 0 Å². The van der Waals surface area contributed by atoms with Crippen molar-refractivity contribution < 1.29 is 13.9 Å². The van der Waals surface area contributed by atoms with Gasteiger partial charge in [0.15, 0.2) is 11.6 Å². The summed E-state index contributed by atoms with van der Waals surface area (Å²) in [6.45, 7) is 5.47. The number of amides is 1. The first-order valence-electron chi connectivity index (χ1n) is 13.2. The van der Waals surface area contributed by atoms with Crippen molar-refractivity contribution >= 4 is 16.8 Å². The van der Waals surface area contributed by atoms with Crippen molar-refractivity contribution in [2.24, 2.45) is 0 Å². The van der Waals surface area contributed by atoms with Crippen LogP contribution in [0, 0.1) is 0 Å². The van der Waals surface area contributed by atoms with Crippen LogP contribution in [0.25, 0.3) is 10.9 Å². The first kappa shape index (κ1) is 24.5. The molecule has 2 aliphatic heterocycles. The number of hydrogen-bond donors (Lipinski definition) is 1. The molecule has 0 bridgehead atoms. The van der Waals surface area contributed by atoms with E-state index in [4.69, 9.17) is 9.15 Å². The maximum Gasteiger partial charge on any atom is 0.289 e. The van der Waals surface area contributed by atoms with Gasteiger partial charge in [0.1, 0.15) is 6.04 Å². The molecule has 2 saturated heterocycles. The van der Waals surface area contributed by atoms with E-state index < -0.39 is 6.04 Å². The standard InChI is InChI=1S/C27H31N7O4/c1-2-18-7-8-22-19(15-18)16-21(26(35)28-22)24(25-29-30-31-34(25)17-20-5-3-13-37-20)32-9-11-33(12-10-32)27(36)23-6-4-14-38-23/h4,6-8,14-16,20,24H,2-3,5,9-13,17H2,1H3,(H,28,35)/t20-,24+/m1/s1. The van der Waals surface area contributed by atoms with Crippen molar-refractivity contribution in [3.05, 3.63) is 75.7 Å². The SMILES string of the molecule is CCc1ccc2[nH]c(=O)c([C@@H](c3nnnn3C[C@H]3CCCO3)N3CCN(C(=O)c4ccco4)CC3)cc2c1. The number of piperazine rings is 1. The minimum atomic E-state index is -0.481. The molecule has 38 heavy (non-hydrogen) atoms. The van der Waals surface area contributed by atoms with Gasteiger partial charge in [-0.05, 0) is 71.0 Å². The number of furan rings is 1. The van der Waals surface area contributed by atoms with E-state index in [0.29, 0.717) is 49.9 Å². The number of fused-ring (bicyclic) bond motifs is 1. The Hall–Kier alpha value is -3.83. The number of tetrazole rings is 1. The fourth-order valence-electron chi connectivity index (χ4n) is 5.45. The Morgan fingerprint density at radius 1 is 1.18 bits per heavy atom. The largest absolute Gasteiger partial charge is 0.459 e. The number of nitrogens with one attached hydrogen (secondary N) is 1. The summed E-state index contributed by atoms with van der Waals surface area (Å²) in [7, 11) is 0. The van der Waals surface area contributed by atoms with Crippen molar-refractivity contribution in [3.63, 3.8) is 0 Å². The Labute approximate surface area is 219 Å². The average molecular weight is 518 g/mol. The highest BCUT2D eigenvalue weighted by atomic mass is 16.5. The predicted molar refractivity (Wildman–Crippen MR) is 139 cm³/mol. The number of rotatable bonds is 7. The van der Waals surface area contributed by atoms with Gasteiger partial charge in [-0.1, -0.05) is 13.0 Å². The highest BCUT2D eigenvalue weighted by molar-refractivity contribution is 5.91. The zero-order chi connectivity index (χ0) is 26.1. The number of H-pyrrole nitrogens is 1. The van der Waals surface area contributed by atoms with Crippen LogP contribution in [-0.2, 0) is 17.7 Å². The molecule has 198 valence electrons. The van der Waals surface area contributed by atoms with Crippen LogP contribution in [0.5, 0.6) is 0 Å². The summed E-state index contributed by atoms with van der Waals surface area (Å²) in [6, 6.07) is 11.0. The molecule has 0 aliphatic carbocycles. The summed E-state index contributed by atoms with van der Waals surface area (Å²) in [4.78, 5) is 33.4. The third-order valence-electron chi connectivity index (χ3n) is 7.54. The molecule has 0 radical (unpaired) electrons. The van der Waals surface area contributed by atoms with Crippen LogP contribution in [-0.4, -0.2) is 79.8 Å². The zero-order valence-electron chi connectivity index (χ0n) is 21.4. The maximum atomic E-state index is 13.5. The average Bonchev–Trinajstić information content (AvgIpc) is 3.74. The monoisotopic (exact) mass is 517 g/mol. The van der Waals surface area contributed by atoms with Gasteiger partial charge in [0.2, 0.25) is 0 Å². The molecule has 4 aromatic rings. The molecule has 1 N–H and O–H groups in total. The van der Waals surface area contributed by atoms with Gasteiger partial charge in [-0.25, -0.2) is 4.68 Å². The molecule has 0 saturated carbocycles. The Morgan fingerprint density at radius 3 is 2.79 bits per heavy atom. The van der Waals surface area contributed by atoms with E-state index in [0.717, 1.165) is 36.8 Å². The van der Waals surface area contributed by atoms with E-state index in [-0.39, 0.29) is 17.6 Å². The number of aromatic nitrogens is 5. The smallest absolute Gasteiger partial charge is 0.289 e. The topological polar surface area (TPSA) is 122 Å². The minimum Gasteiger partial charge on any atom is -0.459 e. The van der Waals surface area contributed by atoms with Crippen LogP contribution in [0.1, 0.15) is 53.3 Å². The lowest BCUT2D eigenvalue weighted by molar-refractivity contribution is 0.0550. The van der Waals surface area contributed by atoms with Crippen LogP contribution in [0.2, 0.25) is 0 Å². The minimum absolute atomic E-state index is 0.0441. The summed E-state index contributed by atoms with van der Waals surface area (Å²) in [5, 5.41) is 13.7. The third-order valence-corrected chi connectivity index (χ3v) is 7.54. The van der Waals surface area contributed by atoms with Crippen molar-refractivity contribution in [1.82, 2.24) is 35.0 Å². The van der Waals surface area contributed by atoms with Crippen molar-refractivity contribution in [3.8, 4) is 0 Å². The second kappa shape index (κ2) is 10.5. The quantitative estimate of drug-likeness (QED) is 0.397. The van der Waals surface area contributed by atoms with Gasteiger partial charge < -0.3 is 19.0 Å². The summed E-state index contributed by atoms with van der Waals surface area (Å²) < 4.78 is 12.9. The summed E-state index contributed by atoms with van der Waals surface area (Å²) in [6.07, 6.45) is 4.42. The number of ether oxygens (including phenoxy) is 1. The number of carbonyl (C=O) groups excluding carboxylic acids is 1. The lowest BCUT2D eigenvalue weighted by Gasteiger charge is -2.38. The maximum absolute atomic E-state index is 13.5. The van der Waals surface area contributed by atoms with E-state index in [1.54, 1.807) is 21.7 Å². The van der Waals surface area contributed by atoms with Gasteiger partial charge in [0.25, 0.3) is 11.5 Å². The molecule has 0 unspecified atom stereocenters. The Bertz CT molecular complexity index is 1460. The van der Waals surface area contributed by atoms with E-state index >= 15 is 0 Å². The second-order valence-electron chi connectivity index (χ2n) is 9.89. The lowest BCUT2D eigenvalue weighted by atomic mass is 10.0. The first-order chi connectivity index (χ1) is 18.6. The highest BCUT2D eigenvalue weighted by Gasteiger charge is 2.34. The van der Waals surface area contributed by atoms with E-state index in [9.17, 15) is 9.59 Å².